The molecule has 7 heteroatoms. The van der Waals surface area contributed by atoms with Crippen LogP contribution in [0, 0.1) is 22.0 Å². The van der Waals surface area contributed by atoms with E-state index in [9.17, 15) is 10.1 Å². The highest BCUT2D eigenvalue weighted by Gasteiger charge is 2.39. The monoisotopic (exact) mass is 313 g/mol. The van der Waals surface area contributed by atoms with Crippen molar-refractivity contribution in [1.82, 2.24) is 4.98 Å². The number of nitrogens with zero attached hydrogens (tertiary/aromatic N) is 3. The molecule has 6 nitrogen and oxygen atoms in total. The third-order valence-electron chi connectivity index (χ3n) is 3.57. The first-order valence-electron chi connectivity index (χ1n) is 5.78. The van der Waals surface area contributed by atoms with Crippen LogP contribution in [0.15, 0.2) is 16.7 Å². The molecule has 0 aliphatic carbocycles. The minimum atomic E-state index is -0.424. The van der Waals surface area contributed by atoms with Gasteiger partial charge in [0.25, 0.3) is 0 Å². The lowest BCUT2D eigenvalue weighted by Gasteiger charge is -2.18. The van der Waals surface area contributed by atoms with Gasteiger partial charge in [0.2, 0.25) is 0 Å². The van der Waals surface area contributed by atoms with Gasteiger partial charge in [-0.3, -0.25) is 0 Å². The molecule has 2 fully saturated rings. The zero-order chi connectivity index (χ0) is 12.7. The fraction of sp³-hybridized carbons (Fsp3) is 0.545. The molecule has 2 saturated heterocycles. The summed E-state index contributed by atoms with van der Waals surface area (Å²) in [5, 5.41) is 11.0. The summed E-state index contributed by atoms with van der Waals surface area (Å²) >= 11 is 3.32. The van der Waals surface area contributed by atoms with Crippen molar-refractivity contribution in [2.45, 2.75) is 0 Å². The Morgan fingerprint density at radius 1 is 1.44 bits per heavy atom. The number of fused-ring (bicyclic) bond motifs is 1. The van der Waals surface area contributed by atoms with E-state index >= 15 is 0 Å². The van der Waals surface area contributed by atoms with Crippen LogP contribution in [0.3, 0.4) is 0 Å². The second kappa shape index (κ2) is 4.47. The maximum absolute atomic E-state index is 11.0. The Hall–Kier alpha value is -1.21. The van der Waals surface area contributed by atoms with Crippen LogP contribution >= 0.6 is 15.9 Å². The molecule has 3 heterocycles. The van der Waals surface area contributed by atoms with Crippen LogP contribution in [0.5, 0.6) is 0 Å². The fourth-order valence-electron chi connectivity index (χ4n) is 2.68. The molecule has 0 amide bonds. The first-order valence-corrected chi connectivity index (χ1v) is 6.57. The van der Waals surface area contributed by atoms with Crippen molar-refractivity contribution in [1.29, 1.82) is 0 Å². The van der Waals surface area contributed by atoms with Gasteiger partial charge in [-0.15, -0.1) is 0 Å². The maximum Gasteiger partial charge on any atom is 0.387 e. The number of anilines is 1. The second-order valence-corrected chi connectivity index (χ2v) is 5.63. The predicted octanol–water partition coefficient (Wildman–Crippen LogP) is 1.83. The van der Waals surface area contributed by atoms with E-state index in [0.717, 1.165) is 30.8 Å². The van der Waals surface area contributed by atoms with E-state index in [-0.39, 0.29) is 5.82 Å². The van der Waals surface area contributed by atoms with E-state index in [1.54, 1.807) is 6.07 Å². The van der Waals surface area contributed by atoms with E-state index in [0.29, 0.717) is 17.5 Å². The van der Waals surface area contributed by atoms with Crippen LogP contribution in [0.2, 0.25) is 0 Å². The minimum Gasteiger partial charge on any atom is -0.381 e. The Morgan fingerprint density at radius 3 is 2.72 bits per heavy atom. The molecule has 0 saturated carbocycles. The van der Waals surface area contributed by atoms with Gasteiger partial charge < -0.3 is 19.8 Å². The average Bonchev–Trinajstić information content (AvgIpc) is 2.88. The van der Waals surface area contributed by atoms with E-state index in [4.69, 9.17) is 4.74 Å². The SMILES string of the molecule is O=[N+]([O-])c1ncc(Br)cc1N1CC2COCC2C1. The van der Waals surface area contributed by atoms with Gasteiger partial charge >= 0.3 is 5.82 Å². The molecule has 0 bridgehead atoms. The fourth-order valence-corrected chi connectivity index (χ4v) is 3.00. The number of aromatic nitrogens is 1. The summed E-state index contributed by atoms with van der Waals surface area (Å²) in [6, 6.07) is 1.77. The van der Waals surface area contributed by atoms with Gasteiger partial charge in [-0.05, 0) is 31.9 Å². The summed E-state index contributed by atoms with van der Waals surface area (Å²) in [5.41, 5.74) is 0.601. The molecule has 2 aliphatic rings. The van der Waals surface area contributed by atoms with Crippen molar-refractivity contribution in [2.75, 3.05) is 31.2 Å². The molecule has 2 unspecified atom stereocenters. The lowest BCUT2D eigenvalue weighted by Crippen LogP contribution is -2.23. The Morgan fingerprint density at radius 2 is 2.11 bits per heavy atom. The van der Waals surface area contributed by atoms with Crippen LogP contribution < -0.4 is 4.90 Å². The normalized spacial score (nSPS) is 26.4. The molecule has 2 aliphatic heterocycles. The van der Waals surface area contributed by atoms with Crippen LogP contribution in [-0.2, 0) is 4.74 Å². The van der Waals surface area contributed by atoms with Crippen molar-refractivity contribution in [3.8, 4) is 0 Å². The van der Waals surface area contributed by atoms with E-state index in [1.165, 1.54) is 6.20 Å². The zero-order valence-electron chi connectivity index (χ0n) is 9.58. The quantitative estimate of drug-likeness (QED) is 0.615. The smallest absolute Gasteiger partial charge is 0.381 e. The molecular formula is C11H12BrN3O3. The van der Waals surface area contributed by atoms with Gasteiger partial charge in [0.15, 0.2) is 6.20 Å². The van der Waals surface area contributed by atoms with Crippen LogP contribution in [0.25, 0.3) is 0 Å². The molecule has 2 atom stereocenters. The first kappa shape index (κ1) is 11.9. The number of nitro groups is 1. The Balaban J connectivity index is 1.92. The molecule has 1 aromatic heterocycles. The highest BCUT2D eigenvalue weighted by atomic mass is 79.9. The second-order valence-electron chi connectivity index (χ2n) is 4.72. The van der Waals surface area contributed by atoms with Gasteiger partial charge in [0, 0.05) is 24.9 Å². The number of pyridine rings is 1. The molecule has 0 spiro atoms. The topological polar surface area (TPSA) is 68.5 Å². The highest BCUT2D eigenvalue weighted by molar-refractivity contribution is 9.10. The maximum atomic E-state index is 11.0. The summed E-state index contributed by atoms with van der Waals surface area (Å²) in [6.07, 6.45) is 1.46. The number of hydrogen-bond acceptors (Lipinski definition) is 5. The summed E-state index contributed by atoms with van der Waals surface area (Å²) < 4.78 is 6.17. The molecule has 96 valence electrons. The first-order chi connectivity index (χ1) is 8.65. The largest absolute Gasteiger partial charge is 0.387 e. The molecule has 0 N–H and O–H groups in total. The predicted molar refractivity (Wildman–Crippen MR) is 68.6 cm³/mol. The van der Waals surface area contributed by atoms with Gasteiger partial charge in [0.1, 0.15) is 5.69 Å². The Kier molecular flexibility index (Phi) is 2.95. The summed E-state index contributed by atoms with van der Waals surface area (Å²) in [6.45, 7) is 3.14. The Labute approximate surface area is 112 Å². The van der Waals surface area contributed by atoms with Crippen LogP contribution in [-0.4, -0.2) is 36.2 Å². The number of rotatable bonds is 2. The van der Waals surface area contributed by atoms with E-state index in [1.807, 2.05) is 4.90 Å². The van der Waals surface area contributed by atoms with Crippen molar-refractivity contribution >= 4 is 27.4 Å². The molecular weight excluding hydrogens is 302 g/mol. The minimum absolute atomic E-state index is 0.0703. The van der Waals surface area contributed by atoms with Crippen LogP contribution in [0.4, 0.5) is 11.5 Å². The zero-order valence-corrected chi connectivity index (χ0v) is 11.2. The molecule has 0 radical (unpaired) electrons. The standard InChI is InChI=1S/C11H12BrN3O3/c12-9-1-10(11(13-2-9)15(16)17)14-3-7-5-18-6-8(7)4-14/h1-2,7-8H,3-6H2. The van der Waals surface area contributed by atoms with Crippen LogP contribution in [0.1, 0.15) is 0 Å². The van der Waals surface area contributed by atoms with Gasteiger partial charge in [-0.2, -0.15) is 0 Å². The average molecular weight is 314 g/mol. The molecule has 1 aromatic rings. The lowest BCUT2D eigenvalue weighted by molar-refractivity contribution is -0.388. The van der Waals surface area contributed by atoms with Gasteiger partial charge in [-0.1, -0.05) is 0 Å². The summed E-state index contributed by atoms with van der Waals surface area (Å²) in [5.74, 6) is 0.909. The third kappa shape index (κ3) is 1.97. The van der Waals surface area contributed by atoms with E-state index < -0.39 is 4.92 Å². The number of halogens is 1. The molecule has 0 aromatic carbocycles. The highest BCUT2D eigenvalue weighted by Crippen LogP contribution is 2.36. The lowest BCUT2D eigenvalue weighted by atomic mass is 10.0. The van der Waals surface area contributed by atoms with Crippen molar-refractivity contribution in [3.05, 3.63) is 26.9 Å². The van der Waals surface area contributed by atoms with Crippen molar-refractivity contribution in [2.24, 2.45) is 11.8 Å². The van der Waals surface area contributed by atoms with E-state index in [2.05, 4.69) is 20.9 Å². The number of hydrogen-bond donors (Lipinski definition) is 0. The third-order valence-corrected chi connectivity index (χ3v) is 4.00. The molecule has 18 heavy (non-hydrogen) atoms. The number of ether oxygens (including phenoxy) is 1. The van der Waals surface area contributed by atoms with Gasteiger partial charge in [-0.25, -0.2) is 0 Å². The van der Waals surface area contributed by atoms with Crippen molar-refractivity contribution in [3.63, 3.8) is 0 Å². The summed E-state index contributed by atoms with van der Waals surface area (Å²) in [7, 11) is 0. The summed E-state index contributed by atoms with van der Waals surface area (Å²) in [4.78, 5) is 16.5. The van der Waals surface area contributed by atoms with Crippen molar-refractivity contribution < 1.29 is 9.66 Å². The molecule has 3 rings (SSSR count). The van der Waals surface area contributed by atoms with Gasteiger partial charge in [0.05, 0.1) is 17.7 Å². The Bertz CT molecular complexity index is 484.